The Morgan fingerprint density at radius 2 is 1.01 bits per heavy atom. The van der Waals surface area contributed by atoms with Crippen molar-refractivity contribution < 1.29 is 62.3 Å². The number of aliphatic imine (C=N–C) groups is 1. The van der Waals surface area contributed by atoms with E-state index in [2.05, 4.69) is 47.5 Å². The highest BCUT2D eigenvalue weighted by Crippen LogP contribution is 2.24. The number of benzene rings is 2. The number of nitrogens with one attached hydrogen (secondary N) is 8. The normalized spacial score (nSPS) is 16.8. The lowest BCUT2D eigenvalue weighted by Gasteiger charge is -2.32. The Morgan fingerprint density at radius 3 is 1.51 bits per heavy atom. The minimum absolute atomic E-state index is 0.0736. The molecule has 2 aliphatic rings. The van der Waals surface area contributed by atoms with Crippen LogP contribution in [0.25, 0.3) is 0 Å². The number of rotatable bonds is 42. The number of hydrogen-bond acceptors (Lipinski definition) is 17. The van der Waals surface area contributed by atoms with Gasteiger partial charge in [0, 0.05) is 45.3 Å². The second kappa shape index (κ2) is 41.0. The first kappa shape index (κ1) is 78.5. The van der Waals surface area contributed by atoms with Crippen molar-refractivity contribution in [1.82, 2.24) is 52.3 Å². The summed E-state index contributed by atoms with van der Waals surface area (Å²) in [5.74, 6) is -9.80. The average Bonchev–Trinajstić information content (AvgIpc) is 1.74. The molecule has 0 unspecified atom stereocenters. The summed E-state index contributed by atoms with van der Waals surface area (Å²) >= 11 is 1.45. The molecule has 95 heavy (non-hydrogen) atoms. The van der Waals surface area contributed by atoms with Crippen LogP contribution in [0.1, 0.15) is 121 Å². The van der Waals surface area contributed by atoms with Crippen LogP contribution in [0.5, 0.6) is 0 Å². The molecule has 4 rings (SSSR count). The molecule has 2 aliphatic heterocycles. The fraction of sp³-hybridized carbons (Fsp3) is 0.587. The van der Waals surface area contributed by atoms with Crippen molar-refractivity contribution in [3.63, 3.8) is 0 Å². The molecule has 2 heterocycles. The average molecular weight is 1350 g/mol. The summed E-state index contributed by atoms with van der Waals surface area (Å²) in [6.07, 6.45) is 3.12. The van der Waals surface area contributed by atoms with Gasteiger partial charge < -0.3 is 92.5 Å². The molecule has 32 heteroatoms. The Balaban J connectivity index is 1.56. The van der Waals surface area contributed by atoms with Gasteiger partial charge in [-0.2, -0.15) is 11.8 Å². The fourth-order valence-electron chi connectivity index (χ4n) is 11.0. The monoisotopic (exact) mass is 1350 g/mol. The van der Waals surface area contributed by atoms with Crippen LogP contribution >= 0.6 is 11.8 Å². The van der Waals surface area contributed by atoms with Crippen LogP contribution in [0.3, 0.4) is 0 Å². The highest BCUT2D eigenvalue weighted by molar-refractivity contribution is 7.98. The van der Waals surface area contributed by atoms with Gasteiger partial charge in [0.05, 0.1) is 12.6 Å². The highest BCUT2D eigenvalue weighted by Gasteiger charge is 2.42. The molecule has 2 fully saturated rings. The maximum atomic E-state index is 14.7. The number of nitrogens with two attached hydrogens (primary N) is 7. The van der Waals surface area contributed by atoms with E-state index in [4.69, 9.17) is 40.1 Å². The number of guanidine groups is 1. The number of thioether (sulfide) groups is 1. The van der Waals surface area contributed by atoms with Gasteiger partial charge in [0.2, 0.25) is 76.8 Å². The van der Waals surface area contributed by atoms with E-state index in [0.717, 1.165) is 0 Å². The minimum Gasteiger partial charge on any atom is -0.370 e. The maximum Gasteiger partial charge on any atom is 0.245 e. The van der Waals surface area contributed by atoms with Crippen molar-refractivity contribution >= 4 is 94.5 Å². The van der Waals surface area contributed by atoms with Crippen LogP contribution < -0.4 is 82.7 Å². The molecule has 2 aromatic carbocycles. The Hall–Kier alpha value is -8.91. The van der Waals surface area contributed by atoms with E-state index in [1.165, 1.54) is 21.6 Å². The van der Waals surface area contributed by atoms with Gasteiger partial charge in [-0.25, -0.2) is 0 Å². The van der Waals surface area contributed by atoms with Crippen molar-refractivity contribution in [1.29, 1.82) is 0 Å². The number of likely N-dealkylation sites (tertiary alicyclic amines) is 2. The van der Waals surface area contributed by atoms with Crippen LogP contribution in [-0.2, 0) is 75.2 Å². The predicted octanol–water partition coefficient (Wildman–Crippen LogP) is -3.71. The van der Waals surface area contributed by atoms with E-state index in [1.807, 2.05) is 20.1 Å². The summed E-state index contributed by atoms with van der Waals surface area (Å²) in [5, 5.41) is 21.1. The van der Waals surface area contributed by atoms with E-state index in [9.17, 15) is 62.3 Å². The van der Waals surface area contributed by atoms with Gasteiger partial charge in [0.25, 0.3) is 0 Å². The van der Waals surface area contributed by atoms with Gasteiger partial charge in [0.1, 0.15) is 54.4 Å². The standard InChI is InChI=1S/C63H98N18O13S/c1-37(2)33-45(57(89)74-41(53(68)85)27-32-95-3)73-52(84)36-72-54(86)46(34-38-15-6-4-7-16-38)78-58(90)47(35-39-17-8-5-9-18-39)79-56(88)42(23-25-50(66)82)75-55(87)43(24-26-51(67)83)76-59(91)49-22-14-31-81(49)62(94)44(20-10-11-28-64)77-60(92)48-21-13-30-80(48)61(93)40(65)19-12-29-71-63(69)70/h4-9,15-18,37,40-49H,10-14,19-36,64-65H2,1-3H3,(H2,66,82)(H2,67,83)(H2,68,85)(H,72,86)(H,73,84)(H,74,89)(H,75,87)(H,76,91)(H,77,92)(H,78,90)(H,79,88)(H4,69,70,71)/t40-,41-,42-,43+,44+,45-,46-,47+,48-,49+/m0/s1. The molecular weight excluding hydrogens is 1250 g/mol. The number of carbonyl (C=O) groups is 13. The lowest BCUT2D eigenvalue weighted by molar-refractivity contribution is -0.144. The summed E-state index contributed by atoms with van der Waals surface area (Å²) < 4.78 is 0. The molecule has 0 radical (unpaired) electrons. The van der Waals surface area contributed by atoms with E-state index in [1.54, 1.807) is 60.7 Å². The van der Waals surface area contributed by atoms with Gasteiger partial charge in [-0.15, -0.1) is 0 Å². The third-order valence-electron chi connectivity index (χ3n) is 16.0. The van der Waals surface area contributed by atoms with E-state index >= 15 is 0 Å². The molecule has 0 saturated carbocycles. The molecule has 13 amide bonds. The third-order valence-corrected chi connectivity index (χ3v) is 16.7. The van der Waals surface area contributed by atoms with Crippen molar-refractivity contribution in [2.45, 2.75) is 183 Å². The van der Waals surface area contributed by atoms with Gasteiger partial charge in [-0.3, -0.25) is 67.3 Å². The second-order valence-corrected chi connectivity index (χ2v) is 25.1. The van der Waals surface area contributed by atoms with Gasteiger partial charge in [-0.1, -0.05) is 74.5 Å². The number of hydrogen-bond donors (Lipinski definition) is 15. The van der Waals surface area contributed by atoms with Crippen LogP contribution in [0, 0.1) is 5.92 Å². The van der Waals surface area contributed by atoms with Gasteiger partial charge in [0.15, 0.2) is 5.96 Å². The molecule has 0 bridgehead atoms. The third kappa shape index (κ3) is 27.5. The van der Waals surface area contributed by atoms with Crippen molar-refractivity contribution in [3.8, 4) is 0 Å². The topological polar surface area (TPSA) is 519 Å². The number of carbonyl (C=O) groups excluding carboxylic acids is 13. The summed E-state index contributed by atoms with van der Waals surface area (Å²) in [4.78, 5) is 185. The fourth-order valence-corrected chi connectivity index (χ4v) is 11.5. The number of primary amides is 3. The quantitative estimate of drug-likeness (QED) is 0.0173. The molecule has 0 spiro atoms. The van der Waals surface area contributed by atoms with Crippen LogP contribution in [-0.4, -0.2) is 198 Å². The zero-order chi connectivity index (χ0) is 70.1. The number of nitrogens with zero attached hydrogens (tertiary/aromatic N) is 3. The van der Waals surface area contributed by atoms with E-state index in [-0.39, 0.29) is 83.0 Å². The first-order valence-electron chi connectivity index (χ1n) is 32.2. The molecule has 524 valence electrons. The second-order valence-electron chi connectivity index (χ2n) is 24.1. The van der Waals surface area contributed by atoms with E-state index < -0.39 is 169 Å². The predicted molar refractivity (Wildman–Crippen MR) is 356 cm³/mol. The zero-order valence-electron chi connectivity index (χ0n) is 54.5. The molecule has 10 atom stereocenters. The lowest BCUT2D eigenvalue weighted by Crippen LogP contribution is -2.60. The Morgan fingerprint density at radius 1 is 0.537 bits per heavy atom. The van der Waals surface area contributed by atoms with Crippen molar-refractivity contribution in [3.05, 3.63) is 71.8 Å². The molecule has 31 nitrogen and oxygen atoms in total. The molecule has 2 aromatic rings. The molecule has 0 aromatic heterocycles. The Bertz CT molecular complexity index is 2960. The van der Waals surface area contributed by atoms with E-state index in [0.29, 0.717) is 55.4 Å². The van der Waals surface area contributed by atoms with Crippen molar-refractivity contribution in [2.24, 2.45) is 51.0 Å². The van der Waals surface area contributed by atoms with Crippen LogP contribution in [0.4, 0.5) is 0 Å². The molecule has 0 aliphatic carbocycles. The summed E-state index contributed by atoms with van der Waals surface area (Å²) in [5.41, 5.74) is 40.6. The zero-order valence-corrected chi connectivity index (χ0v) is 55.3. The Labute approximate surface area is 558 Å². The SMILES string of the molecule is CSCC[C@H](NC(=O)[C@H](CC(C)C)NC(=O)CNC(=O)[C@H](Cc1ccccc1)NC(=O)[C@@H](Cc1ccccc1)NC(=O)[C@H](CCC(N)=O)NC(=O)[C@@H](CCC(N)=O)NC(=O)[C@H]1CCCN1C(=O)[C@@H](CCCCN)NC(=O)[C@@H]1CCCN1C(=O)[C@@H](N)CCCN=C(N)N)C(N)=O. The molecular formula is C63H98N18O13S. The van der Waals surface area contributed by atoms with Gasteiger partial charge in [-0.05, 0) is 119 Å². The highest BCUT2D eigenvalue weighted by atomic mass is 32.2. The number of amides is 13. The van der Waals surface area contributed by atoms with Gasteiger partial charge >= 0.3 is 0 Å². The summed E-state index contributed by atoms with van der Waals surface area (Å²) in [6.45, 7) is 3.86. The maximum absolute atomic E-state index is 14.7. The largest absolute Gasteiger partial charge is 0.370 e. The number of unbranched alkanes of at least 4 members (excludes halogenated alkanes) is 1. The summed E-state index contributed by atoms with van der Waals surface area (Å²) in [7, 11) is 0. The Kier molecular flexibility index (Phi) is 33.9. The minimum atomic E-state index is -1.64. The first-order chi connectivity index (χ1) is 45.2. The molecule has 2 saturated heterocycles. The molecule has 22 N–H and O–H groups in total. The first-order valence-corrected chi connectivity index (χ1v) is 33.6. The lowest BCUT2D eigenvalue weighted by atomic mass is 10.0. The smallest absolute Gasteiger partial charge is 0.245 e. The van der Waals surface area contributed by atoms with Crippen molar-refractivity contribution in [2.75, 3.05) is 44.7 Å². The van der Waals surface area contributed by atoms with Crippen LogP contribution in [0.15, 0.2) is 65.7 Å². The van der Waals surface area contributed by atoms with Crippen LogP contribution in [0.2, 0.25) is 0 Å². The summed E-state index contributed by atoms with van der Waals surface area (Å²) in [6, 6.07) is 4.51.